The Bertz CT molecular complexity index is 518. The quantitative estimate of drug-likeness (QED) is 0.805. The van der Waals surface area contributed by atoms with Gasteiger partial charge in [-0.25, -0.2) is 4.79 Å². The Labute approximate surface area is 123 Å². The Hall–Kier alpha value is -2.14. The Kier molecular flexibility index (Phi) is 5.11. The van der Waals surface area contributed by atoms with Gasteiger partial charge in [0.15, 0.2) is 0 Å². The van der Waals surface area contributed by atoms with E-state index in [0.29, 0.717) is 19.8 Å². The van der Waals surface area contributed by atoms with E-state index in [4.69, 9.17) is 9.84 Å². The van der Waals surface area contributed by atoms with Gasteiger partial charge in [0.25, 0.3) is 0 Å². The summed E-state index contributed by atoms with van der Waals surface area (Å²) in [6.07, 6.45) is 3.55. The van der Waals surface area contributed by atoms with Crippen LogP contribution >= 0.6 is 0 Å². The van der Waals surface area contributed by atoms with Crippen LogP contribution in [-0.4, -0.2) is 36.7 Å². The summed E-state index contributed by atoms with van der Waals surface area (Å²) >= 11 is 0. The molecule has 1 amide bonds. The van der Waals surface area contributed by atoms with Gasteiger partial charge < -0.3 is 15.2 Å². The van der Waals surface area contributed by atoms with E-state index in [1.165, 1.54) is 5.56 Å². The third-order valence-electron chi connectivity index (χ3n) is 3.81. The Morgan fingerprint density at radius 3 is 2.48 bits per heavy atom. The molecule has 1 aromatic rings. The lowest BCUT2D eigenvalue weighted by Crippen LogP contribution is -2.44. The number of amides is 1. The van der Waals surface area contributed by atoms with Gasteiger partial charge in [0.05, 0.1) is 0 Å². The highest BCUT2D eigenvalue weighted by atomic mass is 16.5. The molecule has 5 heteroatoms. The topological polar surface area (TPSA) is 75.6 Å². The molecule has 0 radical (unpaired) electrons. The van der Waals surface area contributed by atoms with Crippen LogP contribution in [0, 0.1) is 0 Å². The molecule has 5 nitrogen and oxygen atoms in total. The fourth-order valence-corrected chi connectivity index (χ4v) is 2.58. The van der Waals surface area contributed by atoms with Crippen LogP contribution in [0.3, 0.4) is 0 Å². The number of hydrogen-bond donors (Lipinski definition) is 2. The fraction of sp³-hybridized carbons (Fsp3) is 0.375. The Morgan fingerprint density at radius 2 is 1.86 bits per heavy atom. The second-order valence-electron chi connectivity index (χ2n) is 5.15. The maximum atomic E-state index is 11.7. The molecule has 1 fully saturated rings. The molecule has 2 N–H and O–H groups in total. The highest BCUT2D eigenvalue weighted by Gasteiger charge is 2.34. The van der Waals surface area contributed by atoms with Crippen LogP contribution in [0.2, 0.25) is 0 Å². The van der Waals surface area contributed by atoms with Crippen LogP contribution < -0.4 is 5.32 Å². The average molecular weight is 289 g/mol. The summed E-state index contributed by atoms with van der Waals surface area (Å²) in [5.41, 5.74) is 1.03. The number of carbonyl (C=O) groups is 2. The molecule has 1 aliphatic heterocycles. The van der Waals surface area contributed by atoms with Gasteiger partial charge in [-0.1, -0.05) is 30.3 Å². The van der Waals surface area contributed by atoms with E-state index in [-0.39, 0.29) is 11.3 Å². The van der Waals surface area contributed by atoms with Crippen molar-refractivity contribution in [3.63, 3.8) is 0 Å². The number of carboxylic acid groups (broad SMARTS) is 1. The Morgan fingerprint density at radius 1 is 1.19 bits per heavy atom. The zero-order chi connectivity index (χ0) is 15.1. The zero-order valence-corrected chi connectivity index (χ0v) is 11.7. The van der Waals surface area contributed by atoms with E-state index in [0.717, 1.165) is 25.0 Å². The molecular weight excluding hydrogens is 270 g/mol. The van der Waals surface area contributed by atoms with E-state index in [2.05, 4.69) is 17.4 Å². The molecular formula is C16H19NO4. The van der Waals surface area contributed by atoms with E-state index in [9.17, 15) is 9.59 Å². The van der Waals surface area contributed by atoms with Gasteiger partial charge >= 0.3 is 5.97 Å². The number of ether oxygens (including phenoxy) is 1. The number of aliphatic carboxylic acids is 1. The van der Waals surface area contributed by atoms with Crippen molar-refractivity contribution in [3.05, 3.63) is 48.0 Å². The molecule has 0 bridgehead atoms. The molecule has 112 valence electrons. The lowest BCUT2D eigenvalue weighted by Gasteiger charge is -2.37. The fourth-order valence-electron chi connectivity index (χ4n) is 2.58. The van der Waals surface area contributed by atoms with Crippen molar-refractivity contribution < 1.29 is 19.4 Å². The normalized spacial score (nSPS) is 17.5. The first-order chi connectivity index (χ1) is 10.1. The lowest BCUT2D eigenvalue weighted by atomic mass is 9.74. The average Bonchev–Trinajstić information content (AvgIpc) is 2.52. The minimum absolute atomic E-state index is 0.147. The van der Waals surface area contributed by atoms with E-state index in [1.54, 1.807) is 0 Å². The summed E-state index contributed by atoms with van der Waals surface area (Å²) in [5, 5.41) is 11.3. The van der Waals surface area contributed by atoms with Crippen molar-refractivity contribution in [2.75, 3.05) is 19.8 Å². The first-order valence-electron chi connectivity index (χ1n) is 6.94. The molecule has 2 rings (SSSR count). The highest BCUT2D eigenvalue weighted by Crippen LogP contribution is 2.34. The number of carboxylic acids is 1. The number of nitrogens with one attached hydrogen (secondary N) is 1. The second kappa shape index (κ2) is 7.04. The van der Waals surface area contributed by atoms with E-state index in [1.807, 2.05) is 18.2 Å². The van der Waals surface area contributed by atoms with Crippen molar-refractivity contribution >= 4 is 11.9 Å². The van der Waals surface area contributed by atoms with Gasteiger partial charge in [-0.05, 0) is 18.4 Å². The summed E-state index contributed by atoms with van der Waals surface area (Å²) in [6.45, 7) is 1.80. The first-order valence-corrected chi connectivity index (χ1v) is 6.94. The molecule has 21 heavy (non-hydrogen) atoms. The van der Waals surface area contributed by atoms with Crippen LogP contribution in [-0.2, 0) is 19.7 Å². The Balaban J connectivity index is 2.07. The van der Waals surface area contributed by atoms with Gasteiger partial charge in [-0.15, -0.1) is 0 Å². The number of hydrogen-bond acceptors (Lipinski definition) is 3. The minimum atomic E-state index is -1.13. The minimum Gasteiger partial charge on any atom is -0.478 e. The second-order valence-corrected chi connectivity index (χ2v) is 5.15. The van der Waals surface area contributed by atoms with Gasteiger partial charge in [0.2, 0.25) is 5.91 Å². The van der Waals surface area contributed by atoms with Crippen molar-refractivity contribution in [1.82, 2.24) is 5.32 Å². The molecule has 1 heterocycles. The third-order valence-corrected chi connectivity index (χ3v) is 3.81. The van der Waals surface area contributed by atoms with E-state index < -0.39 is 5.97 Å². The molecule has 1 saturated heterocycles. The maximum Gasteiger partial charge on any atom is 0.328 e. The predicted octanol–water partition coefficient (Wildman–Crippen LogP) is 1.49. The molecule has 1 aromatic carbocycles. The summed E-state index contributed by atoms with van der Waals surface area (Å²) in [7, 11) is 0. The molecule has 0 unspecified atom stereocenters. The molecule has 0 aromatic heterocycles. The van der Waals surface area contributed by atoms with Crippen LogP contribution in [0.4, 0.5) is 0 Å². The molecule has 0 saturated carbocycles. The van der Waals surface area contributed by atoms with Gasteiger partial charge in [0.1, 0.15) is 0 Å². The highest BCUT2D eigenvalue weighted by molar-refractivity contribution is 5.93. The van der Waals surface area contributed by atoms with Gasteiger partial charge in [0, 0.05) is 37.3 Å². The SMILES string of the molecule is O=C(O)/C=C/C(=O)NCC1(c2ccccc2)CCOCC1. The summed E-state index contributed by atoms with van der Waals surface area (Å²) in [5.74, 6) is -1.52. The molecule has 0 spiro atoms. The van der Waals surface area contributed by atoms with Crippen LogP contribution in [0.1, 0.15) is 18.4 Å². The first kappa shape index (κ1) is 15.3. The monoisotopic (exact) mass is 289 g/mol. The summed E-state index contributed by atoms with van der Waals surface area (Å²) < 4.78 is 5.43. The van der Waals surface area contributed by atoms with Gasteiger partial charge in [-0.2, -0.15) is 0 Å². The third kappa shape index (κ3) is 4.16. The van der Waals surface area contributed by atoms with Crippen molar-refractivity contribution in [2.45, 2.75) is 18.3 Å². The predicted molar refractivity (Wildman–Crippen MR) is 78.0 cm³/mol. The standard InChI is InChI=1S/C16H19NO4/c18-14(6-7-15(19)20)17-12-16(8-10-21-11-9-16)13-4-2-1-3-5-13/h1-7H,8-12H2,(H,17,18)(H,19,20)/b7-6+. The molecule has 0 aliphatic carbocycles. The molecule has 0 atom stereocenters. The van der Waals surface area contributed by atoms with E-state index >= 15 is 0 Å². The largest absolute Gasteiger partial charge is 0.478 e. The smallest absolute Gasteiger partial charge is 0.328 e. The zero-order valence-electron chi connectivity index (χ0n) is 11.7. The molecule has 1 aliphatic rings. The maximum absolute atomic E-state index is 11.7. The number of benzene rings is 1. The lowest BCUT2D eigenvalue weighted by molar-refractivity contribution is -0.131. The van der Waals surface area contributed by atoms with Crippen LogP contribution in [0.25, 0.3) is 0 Å². The van der Waals surface area contributed by atoms with Crippen LogP contribution in [0.15, 0.2) is 42.5 Å². The van der Waals surface area contributed by atoms with Crippen molar-refractivity contribution in [2.24, 2.45) is 0 Å². The van der Waals surface area contributed by atoms with Crippen molar-refractivity contribution in [3.8, 4) is 0 Å². The van der Waals surface area contributed by atoms with Gasteiger partial charge in [-0.3, -0.25) is 4.79 Å². The number of carbonyl (C=O) groups excluding carboxylic acids is 1. The van der Waals surface area contributed by atoms with Crippen LogP contribution in [0.5, 0.6) is 0 Å². The van der Waals surface area contributed by atoms with Crippen molar-refractivity contribution in [1.29, 1.82) is 0 Å². The summed E-state index contributed by atoms with van der Waals surface area (Å²) in [4.78, 5) is 22.1. The summed E-state index contributed by atoms with van der Waals surface area (Å²) in [6, 6.07) is 10.1. The number of rotatable bonds is 5.